The molecule has 0 bridgehead atoms. The van der Waals surface area contributed by atoms with E-state index in [1.54, 1.807) is 0 Å². The summed E-state index contributed by atoms with van der Waals surface area (Å²) in [6, 6.07) is 77.6. The molecule has 61 heavy (non-hydrogen) atoms. The number of nitrogens with zero attached hydrogens (tertiary/aromatic N) is 3. The van der Waals surface area contributed by atoms with Crippen molar-refractivity contribution in [3.05, 3.63) is 212 Å². The highest BCUT2D eigenvalue weighted by molar-refractivity contribution is 7.30. The molecule has 0 N–H and O–H groups in total. The van der Waals surface area contributed by atoms with Gasteiger partial charge in [-0.3, -0.25) is 0 Å². The van der Waals surface area contributed by atoms with Gasteiger partial charge in [-0.25, -0.2) is 0 Å². The number of fused-ring (bicyclic) bond motifs is 9. The van der Waals surface area contributed by atoms with Crippen molar-refractivity contribution < 1.29 is 0 Å². The summed E-state index contributed by atoms with van der Waals surface area (Å²) in [7, 11) is 0. The number of hydrogen-bond donors (Lipinski definition) is 0. The molecule has 0 spiro atoms. The zero-order valence-electron chi connectivity index (χ0n) is 32.9. The van der Waals surface area contributed by atoms with Crippen LogP contribution < -0.4 is 0 Å². The van der Waals surface area contributed by atoms with Gasteiger partial charge in [-0.05, 0) is 95.1 Å². The predicted octanol–water partition coefficient (Wildman–Crippen LogP) is 16.1. The number of rotatable bonds is 6. The topological polar surface area (TPSA) is 14.8 Å². The van der Waals surface area contributed by atoms with Crippen LogP contribution in [0.5, 0.6) is 0 Å². The number of hydrogen-bond acceptors (Lipinski definition) is 2. The molecule has 0 aliphatic carbocycles. The Morgan fingerprint density at radius 1 is 0.246 bits per heavy atom. The van der Waals surface area contributed by atoms with Crippen LogP contribution in [0.3, 0.4) is 0 Å². The second-order valence-corrected chi connectivity index (χ2v) is 17.8. The third-order valence-corrected chi connectivity index (χ3v) is 14.8. The van der Waals surface area contributed by atoms with Gasteiger partial charge in [0.1, 0.15) is 0 Å². The second-order valence-electron chi connectivity index (χ2n) is 15.7. The molecule has 5 aromatic heterocycles. The van der Waals surface area contributed by atoms with Crippen molar-refractivity contribution in [2.24, 2.45) is 0 Å². The van der Waals surface area contributed by atoms with E-state index in [2.05, 4.69) is 226 Å². The minimum absolute atomic E-state index is 1.17. The van der Waals surface area contributed by atoms with Crippen molar-refractivity contribution in [2.45, 2.75) is 0 Å². The molecule has 0 saturated heterocycles. The number of thiophene rings is 2. The van der Waals surface area contributed by atoms with Crippen LogP contribution in [0.1, 0.15) is 0 Å². The van der Waals surface area contributed by atoms with E-state index in [-0.39, 0.29) is 0 Å². The van der Waals surface area contributed by atoms with E-state index in [0.29, 0.717) is 0 Å². The van der Waals surface area contributed by atoms with E-state index in [0.717, 1.165) is 0 Å². The van der Waals surface area contributed by atoms with E-state index in [1.165, 1.54) is 113 Å². The van der Waals surface area contributed by atoms with Gasteiger partial charge in [-0.15, -0.1) is 22.7 Å². The minimum Gasteiger partial charge on any atom is -0.309 e. The Morgan fingerprint density at radius 2 is 0.607 bits per heavy atom. The number of aromatic nitrogens is 3. The van der Waals surface area contributed by atoms with Gasteiger partial charge in [0, 0.05) is 48.4 Å². The van der Waals surface area contributed by atoms with Gasteiger partial charge >= 0.3 is 0 Å². The van der Waals surface area contributed by atoms with Gasteiger partial charge in [0.2, 0.25) is 0 Å². The Bertz CT molecular complexity index is 3790. The van der Waals surface area contributed by atoms with Crippen molar-refractivity contribution in [3.8, 4) is 49.1 Å². The van der Waals surface area contributed by atoms with Gasteiger partial charge in [0.25, 0.3) is 0 Å². The van der Waals surface area contributed by atoms with Crippen LogP contribution in [-0.4, -0.2) is 13.7 Å². The lowest BCUT2D eigenvalue weighted by atomic mass is 10.0. The van der Waals surface area contributed by atoms with Gasteiger partial charge in [-0.2, -0.15) is 0 Å². The van der Waals surface area contributed by atoms with E-state index < -0.39 is 0 Å². The fourth-order valence-corrected chi connectivity index (χ4v) is 11.9. The van der Waals surface area contributed by atoms with E-state index >= 15 is 0 Å². The largest absolute Gasteiger partial charge is 0.309 e. The molecule has 5 heterocycles. The van der Waals surface area contributed by atoms with E-state index in [9.17, 15) is 0 Å². The normalized spacial score (nSPS) is 11.9. The average molecular weight is 814 g/mol. The predicted molar refractivity (Wildman–Crippen MR) is 262 cm³/mol. The maximum Gasteiger partial charge on any atom is 0.0711 e. The van der Waals surface area contributed by atoms with Crippen molar-refractivity contribution in [3.63, 3.8) is 0 Å². The average Bonchev–Trinajstić information content (AvgIpc) is 4.14. The van der Waals surface area contributed by atoms with Gasteiger partial charge in [-0.1, -0.05) is 140 Å². The van der Waals surface area contributed by atoms with Crippen LogP contribution in [0.2, 0.25) is 0 Å². The lowest BCUT2D eigenvalue weighted by Gasteiger charge is -2.09. The van der Waals surface area contributed by atoms with Crippen LogP contribution in [0.4, 0.5) is 0 Å². The molecule has 0 aliphatic rings. The van der Waals surface area contributed by atoms with Gasteiger partial charge < -0.3 is 13.7 Å². The first-order valence-corrected chi connectivity index (χ1v) is 22.3. The fraction of sp³-hybridized carbons (Fsp3) is 0. The number of benzene rings is 8. The van der Waals surface area contributed by atoms with Crippen molar-refractivity contribution in [2.75, 3.05) is 0 Å². The quantitative estimate of drug-likeness (QED) is 0.159. The third-order valence-electron chi connectivity index (χ3n) is 12.3. The summed E-state index contributed by atoms with van der Waals surface area (Å²) in [5, 5.41) is 5.08. The van der Waals surface area contributed by atoms with Gasteiger partial charge in [0.15, 0.2) is 0 Å². The van der Waals surface area contributed by atoms with Crippen molar-refractivity contribution in [1.82, 2.24) is 13.7 Å². The molecule has 8 aromatic carbocycles. The maximum absolute atomic E-state index is 2.46. The first kappa shape index (κ1) is 34.4. The Kier molecular flexibility index (Phi) is 7.65. The van der Waals surface area contributed by atoms with Crippen LogP contribution in [0, 0.1) is 0 Å². The second kappa shape index (κ2) is 13.5. The summed E-state index contributed by atoms with van der Waals surface area (Å²) in [6.45, 7) is 0. The monoisotopic (exact) mass is 813 g/mol. The standard InChI is InChI=1S/C56H35N3S2/c1-4-14-40(15-5-1)57-47-22-12-10-20-43(47)45-30-28-38(32-49(45)57)36-24-26-37(27-25-36)53-34-51-55(60-53)56-52(59(51)42-18-8-3-9-19-42)35-54(61-56)39-29-31-46-44-21-11-13-23-48(44)58(50(46)33-39)41-16-6-2-7-17-41/h1-35H. The molecule has 13 aromatic rings. The van der Waals surface area contributed by atoms with Crippen molar-refractivity contribution in [1.29, 1.82) is 0 Å². The molecule has 13 rings (SSSR count). The minimum atomic E-state index is 1.17. The third kappa shape index (κ3) is 5.34. The highest BCUT2D eigenvalue weighted by Crippen LogP contribution is 2.47. The summed E-state index contributed by atoms with van der Waals surface area (Å²) < 4.78 is 9.91. The highest BCUT2D eigenvalue weighted by Gasteiger charge is 2.21. The molecule has 0 radical (unpaired) electrons. The fourth-order valence-electron chi connectivity index (χ4n) is 9.50. The van der Waals surface area contributed by atoms with E-state index in [4.69, 9.17) is 0 Å². The molecule has 0 atom stereocenters. The number of para-hydroxylation sites is 5. The smallest absolute Gasteiger partial charge is 0.0711 e. The Hall–Kier alpha value is -7.44. The summed E-state index contributed by atoms with van der Waals surface area (Å²) in [6.07, 6.45) is 0. The summed E-state index contributed by atoms with van der Waals surface area (Å²) >= 11 is 3.80. The Labute approximate surface area is 359 Å². The van der Waals surface area contributed by atoms with Gasteiger partial charge in [0.05, 0.1) is 42.5 Å². The lowest BCUT2D eigenvalue weighted by molar-refractivity contribution is 1.18. The Balaban J connectivity index is 0.918. The molecule has 0 fully saturated rings. The van der Waals surface area contributed by atoms with E-state index in [1.807, 2.05) is 22.7 Å². The zero-order valence-corrected chi connectivity index (χ0v) is 34.5. The molecule has 0 aliphatic heterocycles. The molecular formula is C56H35N3S2. The summed E-state index contributed by atoms with van der Waals surface area (Å²) in [4.78, 5) is 2.54. The first-order valence-electron chi connectivity index (χ1n) is 20.7. The van der Waals surface area contributed by atoms with Crippen LogP contribution >= 0.6 is 22.7 Å². The summed E-state index contributed by atoms with van der Waals surface area (Å²) in [5.74, 6) is 0. The molecule has 0 saturated carbocycles. The first-order chi connectivity index (χ1) is 30.2. The van der Waals surface area contributed by atoms with Crippen molar-refractivity contribution >= 4 is 86.7 Å². The van der Waals surface area contributed by atoms with Crippen LogP contribution in [0.15, 0.2) is 212 Å². The zero-order chi connectivity index (χ0) is 40.0. The highest BCUT2D eigenvalue weighted by atomic mass is 32.1. The Morgan fingerprint density at radius 3 is 1.11 bits per heavy atom. The molecule has 5 heteroatoms. The lowest BCUT2D eigenvalue weighted by Crippen LogP contribution is -1.93. The molecular weight excluding hydrogens is 779 g/mol. The molecule has 0 amide bonds. The SMILES string of the molecule is c1ccc(-n2c3ccccc3c3ccc(-c4ccc(-c5cc6c(s5)c5sc(-c7ccc8c9ccccc9n(-c9ccccc9)c8c7)cc5n6-c5ccccc5)cc4)cc32)cc1. The van der Waals surface area contributed by atoms with Crippen LogP contribution in [0.25, 0.3) is 113 Å². The molecule has 3 nitrogen and oxygen atoms in total. The summed E-state index contributed by atoms with van der Waals surface area (Å²) in [5.41, 5.74) is 15.8. The molecule has 0 unspecified atom stereocenters. The maximum atomic E-state index is 2.46. The molecule has 286 valence electrons. The van der Waals surface area contributed by atoms with Crippen LogP contribution in [-0.2, 0) is 0 Å².